The SMILES string of the molecule is CCCS(=O)(=O)N1CCC(NC(=O)c2cc(-c3ccc(C)cc3)nc3ccccc23)CC1. The number of hydrogen-bond acceptors (Lipinski definition) is 4. The fourth-order valence-corrected chi connectivity index (χ4v) is 5.71. The topological polar surface area (TPSA) is 79.4 Å². The number of benzene rings is 2. The molecule has 1 N–H and O–H groups in total. The van der Waals surface area contributed by atoms with E-state index < -0.39 is 10.0 Å². The second-order valence-corrected chi connectivity index (χ2v) is 10.5. The van der Waals surface area contributed by atoms with Crippen LogP contribution in [0.5, 0.6) is 0 Å². The number of carbonyl (C=O) groups is 1. The molecule has 168 valence electrons. The summed E-state index contributed by atoms with van der Waals surface area (Å²) in [6, 6.07) is 17.6. The van der Waals surface area contributed by atoms with Crippen LogP contribution in [0.4, 0.5) is 0 Å². The molecule has 2 heterocycles. The summed E-state index contributed by atoms with van der Waals surface area (Å²) in [7, 11) is -3.19. The molecule has 1 aliphatic heterocycles. The number of hydrogen-bond donors (Lipinski definition) is 1. The van der Waals surface area contributed by atoms with Crippen LogP contribution in [0, 0.1) is 6.92 Å². The number of sulfonamides is 1. The molecule has 0 aliphatic carbocycles. The molecule has 1 saturated heterocycles. The molecule has 6 nitrogen and oxygen atoms in total. The lowest BCUT2D eigenvalue weighted by Crippen LogP contribution is -2.47. The van der Waals surface area contributed by atoms with Gasteiger partial charge in [0.25, 0.3) is 5.91 Å². The molecule has 1 fully saturated rings. The van der Waals surface area contributed by atoms with E-state index >= 15 is 0 Å². The number of pyridine rings is 1. The van der Waals surface area contributed by atoms with Crippen LogP contribution in [-0.4, -0.2) is 48.5 Å². The number of nitrogens with one attached hydrogen (secondary N) is 1. The van der Waals surface area contributed by atoms with E-state index in [1.54, 1.807) is 4.31 Å². The van der Waals surface area contributed by atoms with Gasteiger partial charge in [0.05, 0.1) is 22.5 Å². The number of fused-ring (bicyclic) bond motifs is 1. The summed E-state index contributed by atoms with van der Waals surface area (Å²) in [4.78, 5) is 18.0. The third-order valence-corrected chi connectivity index (χ3v) is 8.03. The summed E-state index contributed by atoms with van der Waals surface area (Å²) in [5.74, 6) is 0.0290. The third kappa shape index (κ3) is 4.84. The van der Waals surface area contributed by atoms with E-state index in [2.05, 4.69) is 5.32 Å². The van der Waals surface area contributed by atoms with Crippen LogP contribution in [0.15, 0.2) is 54.6 Å². The average molecular weight is 452 g/mol. The van der Waals surface area contributed by atoms with Crippen LogP contribution in [0.3, 0.4) is 0 Å². The Bertz CT molecular complexity index is 1210. The molecule has 32 heavy (non-hydrogen) atoms. The number of nitrogens with zero attached hydrogens (tertiary/aromatic N) is 2. The minimum absolute atomic E-state index is 0.0506. The molecule has 4 rings (SSSR count). The molecule has 0 bridgehead atoms. The summed E-state index contributed by atoms with van der Waals surface area (Å²) >= 11 is 0. The van der Waals surface area contributed by atoms with Gasteiger partial charge in [0, 0.05) is 30.1 Å². The first kappa shape index (κ1) is 22.4. The first-order chi connectivity index (χ1) is 15.4. The maximum absolute atomic E-state index is 13.3. The zero-order chi connectivity index (χ0) is 22.7. The maximum atomic E-state index is 13.3. The van der Waals surface area contributed by atoms with Crippen LogP contribution in [0.25, 0.3) is 22.2 Å². The Morgan fingerprint density at radius 1 is 1.09 bits per heavy atom. The van der Waals surface area contributed by atoms with Gasteiger partial charge in [-0.05, 0) is 38.3 Å². The van der Waals surface area contributed by atoms with Crippen molar-refractivity contribution in [3.63, 3.8) is 0 Å². The lowest BCUT2D eigenvalue weighted by atomic mass is 10.0. The van der Waals surface area contributed by atoms with Crippen molar-refractivity contribution >= 4 is 26.8 Å². The van der Waals surface area contributed by atoms with Gasteiger partial charge in [-0.3, -0.25) is 4.79 Å². The minimum atomic E-state index is -3.19. The van der Waals surface area contributed by atoms with Crippen LogP contribution >= 0.6 is 0 Å². The van der Waals surface area contributed by atoms with Crippen LogP contribution in [-0.2, 0) is 10.0 Å². The maximum Gasteiger partial charge on any atom is 0.252 e. The van der Waals surface area contributed by atoms with Crippen molar-refractivity contribution in [2.24, 2.45) is 0 Å². The van der Waals surface area contributed by atoms with Crippen LogP contribution in [0.1, 0.15) is 42.1 Å². The molecule has 0 atom stereocenters. The van der Waals surface area contributed by atoms with E-state index in [0.29, 0.717) is 37.9 Å². The predicted octanol–water partition coefficient (Wildman–Crippen LogP) is 4.14. The molecule has 1 amide bonds. The van der Waals surface area contributed by atoms with Gasteiger partial charge >= 0.3 is 0 Å². The Hall–Kier alpha value is -2.77. The Morgan fingerprint density at radius 2 is 1.78 bits per heavy atom. The van der Waals surface area contributed by atoms with Crippen molar-refractivity contribution in [2.75, 3.05) is 18.8 Å². The van der Waals surface area contributed by atoms with E-state index in [9.17, 15) is 13.2 Å². The Morgan fingerprint density at radius 3 is 2.47 bits per heavy atom. The van der Waals surface area contributed by atoms with Gasteiger partial charge in [-0.2, -0.15) is 0 Å². The number of amides is 1. The van der Waals surface area contributed by atoms with E-state index in [4.69, 9.17) is 4.98 Å². The fourth-order valence-electron chi connectivity index (χ4n) is 4.16. The molecule has 0 spiro atoms. The molecule has 0 radical (unpaired) electrons. The Labute approximate surface area is 189 Å². The fraction of sp³-hybridized carbons (Fsp3) is 0.360. The Kier molecular flexibility index (Phi) is 6.58. The van der Waals surface area contributed by atoms with Gasteiger partial charge in [-0.15, -0.1) is 0 Å². The summed E-state index contributed by atoms with van der Waals surface area (Å²) in [5.41, 5.74) is 4.25. The predicted molar refractivity (Wildman–Crippen MR) is 128 cm³/mol. The van der Waals surface area contributed by atoms with Gasteiger partial charge in [-0.1, -0.05) is 55.0 Å². The van der Waals surface area contributed by atoms with E-state index in [-0.39, 0.29) is 17.7 Å². The highest BCUT2D eigenvalue weighted by molar-refractivity contribution is 7.89. The number of para-hydroxylation sites is 1. The highest BCUT2D eigenvalue weighted by Crippen LogP contribution is 2.26. The highest BCUT2D eigenvalue weighted by atomic mass is 32.2. The third-order valence-electron chi connectivity index (χ3n) is 5.95. The first-order valence-corrected chi connectivity index (χ1v) is 12.7. The first-order valence-electron chi connectivity index (χ1n) is 11.1. The lowest BCUT2D eigenvalue weighted by molar-refractivity contribution is 0.0925. The summed E-state index contributed by atoms with van der Waals surface area (Å²) in [6.45, 7) is 4.79. The largest absolute Gasteiger partial charge is 0.349 e. The molecular weight excluding hydrogens is 422 g/mol. The molecule has 0 unspecified atom stereocenters. The number of aromatic nitrogens is 1. The van der Waals surface area contributed by atoms with Gasteiger partial charge < -0.3 is 5.32 Å². The molecular formula is C25H29N3O3S. The van der Waals surface area contributed by atoms with Crippen LogP contribution < -0.4 is 5.32 Å². The van der Waals surface area contributed by atoms with Crippen molar-refractivity contribution in [3.8, 4) is 11.3 Å². The number of aryl methyl sites for hydroxylation is 1. The van der Waals surface area contributed by atoms with Gasteiger partial charge in [0.15, 0.2) is 0 Å². The average Bonchev–Trinajstić information content (AvgIpc) is 2.79. The van der Waals surface area contributed by atoms with E-state index in [1.165, 1.54) is 5.56 Å². The highest BCUT2D eigenvalue weighted by Gasteiger charge is 2.28. The second-order valence-electron chi connectivity index (χ2n) is 8.40. The number of piperidine rings is 1. The van der Waals surface area contributed by atoms with Crippen molar-refractivity contribution < 1.29 is 13.2 Å². The van der Waals surface area contributed by atoms with Crippen molar-refractivity contribution in [1.29, 1.82) is 0 Å². The monoisotopic (exact) mass is 451 g/mol. The van der Waals surface area contributed by atoms with Crippen molar-refractivity contribution in [3.05, 3.63) is 65.7 Å². The zero-order valence-corrected chi connectivity index (χ0v) is 19.4. The Balaban J connectivity index is 1.55. The standard InChI is InChI=1S/C25H29N3O3S/c1-3-16-32(30,31)28-14-12-20(13-15-28)26-25(29)22-17-24(19-10-8-18(2)9-11-19)27-23-7-5-4-6-21(22)23/h4-11,17,20H,3,12-16H2,1-2H3,(H,26,29). The van der Waals surface area contributed by atoms with Gasteiger partial charge in [0.1, 0.15) is 0 Å². The van der Waals surface area contributed by atoms with Crippen molar-refractivity contribution in [2.45, 2.75) is 39.2 Å². The summed E-state index contributed by atoms with van der Waals surface area (Å²) < 4.78 is 26.2. The summed E-state index contributed by atoms with van der Waals surface area (Å²) in [6.07, 6.45) is 1.84. The molecule has 2 aromatic carbocycles. The second kappa shape index (κ2) is 9.38. The van der Waals surface area contributed by atoms with Crippen molar-refractivity contribution in [1.82, 2.24) is 14.6 Å². The molecule has 1 aliphatic rings. The number of rotatable bonds is 6. The van der Waals surface area contributed by atoms with Crippen LogP contribution in [0.2, 0.25) is 0 Å². The lowest BCUT2D eigenvalue weighted by Gasteiger charge is -2.31. The van der Waals surface area contributed by atoms with E-state index in [1.807, 2.05) is 68.4 Å². The van der Waals surface area contributed by atoms with Gasteiger partial charge in [-0.25, -0.2) is 17.7 Å². The zero-order valence-electron chi connectivity index (χ0n) is 18.5. The molecule has 3 aromatic rings. The van der Waals surface area contributed by atoms with E-state index in [0.717, 1.165) is 22.2 Å². The molecule has 1 aromatic heterocycles. The molecule has 7 heteroatoms. The normalized spacial score (nSPS) is 15.7. The smallest absolute Gasteiger partial charge is 0.252 e. The quantitative estimate of drug-likeness (QED) is 0.611. The minimum Gasteiger partial charge on any atom is -0.349 e. The number of carbonyl (C=O) groups excluding carboxylic acids is 1. The van der Waals surface area contributed by atoms with Gasteiger partial charge in [0.2, 0.25) is 10.0 Å². The molecule has 0 saturated carbocycles. The summed E-state index contributed by atoms with van der Waals surface area (Å²) in [5, 5.41) is 3.94.